The molecule has 0 spiro atoms. The third-order valence-corrected chi connectivity index (χ3v) is 6.50. The Balaban J connectivity index is 1.85. The number of para-hydroxylation sites is 1. The van der Waals surface area contributed by atoms with Gasteiger partial charge in [0.05, 0.1) is 6.54 Å². The number of ether oxygens (including phenoxy) is 1. The zero-order chi connectivity index (χ0) is 25.4. The fraction of sp³-hybridized carbons (Fsp3) is 0.280. The van der Waals surface area contributed by atoms with Crippen molar-refractivity contribution in [3.05, 3.63) is 94.0 Å². The van der Waals surface area contributed by atoms with E-state index in [9.17, 15) is 31.4 Å². The van der Waals surface area contributed by atoms with E-state index in [1.165, 1.54) is 23.1 Å². The molecule has 1 heterocycles. The molecule has 4 rings (SSSR count). The number of aliphatic hydroxyl groups excluding tert-OH is 1. The van der Waals surface area contributed by atoms with Crippen molar-refractivity contribution in [2.75, 3.05) is 18.0 Å². The van der Waals surface area contributed by atoms with Gasteiger partial charge in [-0.15, -0.1) is 13.2 Å². The lowest BCUT2D eigenvalue weighted by Gasteiger charge is -2.33. The molecule has 0 amide bonds. The van der Waals surface area contributed by atoms with Crippen molar-refractivity contribution >= 4 is 21.6 Å². The van der Waals surface area contributed by atoms with Crippen molar-refractivity contribution in [1.29, 1.82) is 0 Å². The smallest absolute Gasteiger partial charge is 0.406 e. The lowest BCUT2D eigenvalue weighted by Crippen LogP contribution is -2.44. The highest BCUT2D eigenvalue weighted by molar-refractivity contribution is 9.10. The topological polar surface area (TPSA) is 32.7 Å². The summed E-state index contributed by atoms with van der Waals surface area (Å²) in [6.07, 6.45) is -12.0. The third kappa shape index (κ3) is 5.59. The number of β-amino-alcohol motifs (C(OH)–C–C–N with tert-alkyl or cyclic N) is 1. The lowest BCUT2D eigenvalue weighted by molar-refractivity contribution is -0.274. The van der Waals surface area contributed by atoms with Gasteiger partial charge in [0.1, 0.15) is 5.75 Å². The van der Waals surface area contributed by atoms with Crippen LogP contribution in [0.4, 0.5) is 32.0 Å². The molecule has 1 N–H and O–H groups in total. The van der Waals surface area contributed by atoms with Crippen molar-refractivity contribution in [3.63, 3.8) is 0 Å². The molecular formula is C25H20BrF6NO2. The maximum absolute atomic E-state index is 13.2. The quantitative estimate of drug-likeness (QED) is 0.344. The van der Waals surface area contributed by atoms with Gasteiger partial charge >= 0.3 is 12.5 Å². The highest BCUT2D eigenvalue weighted by Crippen LogP contribution is 2.48. The van der Waals surface area contributed by atoms with E-state index in [-0.39, 0.29) is 13.0 Å². The average molecular weight is 560 g/mol. The van der Waals surface area contributed by atoms with E-state index in [0.29, 0.717) is 16.8 Å². The number of aliphatic hydroxyl groups is 1. The van der Waals surface area contributed by atoms with Gasteiger partial charge in [0.15, 0.2) is 6.10 Å². The summed E-state index contributed by atoms with van der Waals surface area (Å²) in [5.41, 5.74) is 1.41. The van der Waals surface area contributed by atoms with E-state index in [1.54, 1.807) is 30.3 Å². The van der Waals surface area contributed by atoms with Crippen molar-refractivity contribution in [2.45, 2.75) is 30.5 Å². The van der Waals surface area contributed by atoms with E-state index >= 15 is 0 Å². The summed E-state index contributed by atoms with van der Waals surface area (Å²) in [6.45, 7) is -0.693. The van der Waals surface area contributed by atoms with Crippen LogP contribution in [0.3, 0.4) is 0 Å². The van der Waals surface area contributed by atoms with Gasteiger partial charge in [-0.2, -0.15) is 13.2 Å². The summed E-state index contributed by atoms with van der Waals surface area (Å²) >= 11 is 3.41. The summed E-state index contributed by atoms with van der Waals surface area (Å²) in [7, 11) is 0. The number of benzene rings is 3. The highest BCUT2D eigenvalue weighted by atomic mass is 79.9. The number of alkyl halides is 6. The summed E-state index contributed by atoms with van der Waals surface area (Å²) in [5.74, 6) is -0.421. The fourth-order valence-corrected chi connectivity index (χ4v) is 5.06. The van der Waals surface area contributed by atoms with Crippen LogP contribution < -0.4 is 9.64 Å². The second kappa shape index (κ2) is 9.39. The molecule has 0 aliphatic carbocycles. The second-order valence-electron chi connectivity index (χ2n) is 8.42. The third-order valence-electron chi connectivity index (χ3n) is 6.01. The number of hydrogen-bond donors (Lipinski definition) is 1. The molecule has 1 aliphatic heterocycles. The van der Waals surface area contributed by atoms with Crippen molar-refractivity contribution in [1.82, 2.24) is 0 Å². The molecular weight excluding hydrogens is 540 g/mol. The zero-order valence-corrected chi connectivity index (χ0v) is 19.7. The Kier molecular flexibility index (Phi) is 6.80. The normalized spacial score (nSPS) is 18.9. The van der Waals surface area contributed by atoms with Gasteiger partial charge in [-0.1, -0.05) is 58.4 Å². The minimum absolute atomic E-state index is 0.0153. The minimum atomic E-state index is -4.90. The van der Waals surface area contributed by atoms with Gasteiger partial charge in [0, 0.05) is 22.1 Å². The summed E-state index contributed by atoms with van der Waals surface area (Å²) in [6, 6.07) is 19.6. The van der Waals surface area contributed by atoms with Crippen LogP contribution in [0.5, 0.6) is 5.75 Å². The first-order valence-corrected chi connectivity index (χ1v) is 11.4. The summed E-state index contributed by atoms with van der Waals surface area (Å²) in [5, 5.41) is 9.79. The fourth-order valence-electron chi connectivity index (χ4n) is 4.61. The Labute approximate surface area is 206 Å². The second-order valence-corrected chi connectivity index (χ2v) is 9.34. The maximum atomic E-state index is 13.2. The van der Waals surface area contributed by atoms with E-state index in [4.69, 9.17) is 0 Å². The maximum Gasteiger partial charge on any atom is 0.573 e. The monoisotopic (exact) mass is 559 g/mol. The van der Waals surface area contributed by atoms with Crippen LogP contribution >= 0.6 is 15.9 Å². The Bertz CT molecular complexity index is 1200. The molecule has 3 aromatic rings. The molecule has 0 bridgehead atoms. The molecule has 0 radical (unpaired) electrons. The van der Waals surface area contributed by atoms with Gasteiger partial charge in [0.2, 0.25) is 0 Å². The molecule has 1 aliphatic rings. The molecule has 0 saturated heterocycles. The molecule has 2 unspecified atom stereocenters. The largest absolute Gasteiger partial charge is 0.573 e. The first-order chi connectivity index (χ1) is 16.4. The van der Waals surface area contributed by atoms with Crippen LogP contribution in [0.15, 0.2) is 77.3 Å². The van der Waals surface area contributed by atoms with Crippen LogP contribution in [0.1, 0.15) is 16.7 Å². The van der Waals surface area contributed by atoms with E-state index < -0.39 is 36.4 Å². The minimum Gasteiger partial charge on any atom is -0.406 e. The lowest BCUT2D eigenvalue weighted by atomic mass is 9.71. The Morgan fingerprint density at radius 1 is 0.943 bits per heavy atom. The molecule has 35 heavy (non-hydrogen) atoms. The van der Waals surface area contributed by atoms with Gasteiger partial charge < -0.3 is 14.7 Å². The van der Waals surface area contributed by atoms with Crippen LogP contribution in [0, 0.1) is 0 Å². The van der Waals surface area contributed by atoms with Crippen LogP contribution in [-0.2, 0) is 11.8 Å². The van der Waals surface area contributed by atoms with Crippen molar-refractivity contribution in [2.24, 2.45) is 0 Å². The summed E-state index contributed by atoms with van der Waals surface area (Å²) < 4.78 is 83.3. The number of anilines is 1. The molecule has 0 saturated carbocycles. The van der Waals surface area contributed by atoms with Gasteiger partial charge in [-0.25, -0.2) is 0 Å². The van der Waals surface area contributed by atoms with Gasteiger partial charge in [-0.3, -0.25) is 0 Å². The standard InChI is InChI=1S/C25H20BrF6NO2/c26-18-7-3-5-16(11-18)13-23(17-6-4-8-19(12-17)35-25(30,31)32)15-33(14-22(34)24(27,28)29)21-10-2-1-9-20(21)23/h1-12,22,34H,13-15H2. The Hall–Kier alpha value is -2.72. The number of nitrogens with zero attached hydrogens (tertiary/aromatic N) is 1. The molecule has 3 aromatic carbocycles. The predicted molar refractivity (Wildman–Crippen MR) is 122 cm³/mol. The Morgan fingerprint density at radius 3 is 2.34 bits per heavy atom. The first kappa shape index (κ1) is 25.4. The molecule has 0 aromatic heterocycles. The summed E-state index contributed by atoms with van der Waals surface area (Å²) in [4.78, 5) is 1.43. The molecule has 10 heteroatoms. The highest BCUT2D eigenvalue weighted by Gasteiger charge is 2.47. The van der Waals surface area contributed by atoms with Gasteiger partial charge in [-0.05, 0) is 53.4 Å². The number of fused-ring (bicyclic) bond motifs is 1. The number of halogens is 7. The van der Waals surface area contributed by atoms with Gasteiger partial charge in [0.25, 0.3) is 0 Å². The number of hydrogen-bond acceptors (Lipinski definition) is 3. The first-order valence-electron chi connectivity index (χ1n) is 10.6. The van der Waals surface area contributed by atoms with E-state index in [0.717, 1.165) is 10.0 Å². The number of rotatable bonds is 6. The Morgan fingerprint density at radius 2 is 1.66 bits per heavy atom. The van der Waals surface area contributed by atoms with Crippen LogP contribution in [0.2, 0.25) is 0 Å². The van der Waals surface area contributed by atoms with Crippen molar-refractivity contribution < 1.29 is 36.2 Å². The zero-order valence-electron chi connectivity index (χ0n) is 18.1. The molecule has 3 nitrogen and oxygen atoms in total. The van der Waals surface area contributed by atoms with E-state index in [2.05, 4.69) is 20.7 Å². The van der Waals surface area contributed by atoms with E-state index in [1.807, 2.05) is 24.3 Å². The molecule has 2 atom stereocenters. The van der Waals surface area contributed by atoms with Crippen LogP contribution in [0.25, 0.3) is 0 Å². The SMILES string of the molecule is OC(CN1CC(Cc2cccc(Br)c2)(c2cccc(OC(F)(F)F)c2)c2ccccc21)C(F)(F)F. The molecule has 186 valence electrons. The molecule has 0 fully saturated rings. The average Bonchev–Trinajstić information content (AvgIpc) is 3.06. The van der Waals surface area contributed by atoms with Crippen LogP contribution in [-0.4, -0.2) is 36.8 Å². The van der Waals surface area contributed by atoms with Crippen molar-refractivity contribution in [3.8, 4) is 5.75 Å². The predicted octanol–water partition coefficient (Wildman–Crippen LogP) is 6.62.